The molecule has 0 unspecified atom stereocenters. The number of unbranched alkanes of at least 4 members (excludes halogenated alkanes) is 1. The lowest BCUT2D eigenvalue weighted by Gasteiger charge is -2.43. The van der Waals surface area contributed by atoms with Crippen LogP contribution in [-0.4, -0.2) is 14.9 Å². The first-order chi connectivity index (χ1) is 12.5. The van der Waals surface area contributed by atoms with Gasteiger partial charge in [-0.3, -0.25) is 0 Å². The lowest BCUT2D eigenvalue weighted by atomic mass is 10.2. The van der Waals surface area contributed by atoms with Gasteiger partial charge in [0.2, 0.25) is 0 Å². The minimum Gasteiger partial charge on any atom is -0.407 e. The van der Waals surface area contributed by atoms with Gasteiger partial charge in [-0.1, -0.05) is 99.4 Å². The molecule has 0 amide bonds. The molecule has 2 aromatic rings. The van der Waals surface area contributed by atoms with E-state index in [2.05, 4.69) is 93.3 Å². The maximum absolute atomic E-state index is 6.83. The van der Waals surface area contributed by atoms with Crippen LogP contribution in [0.4, 0.5) is 0 Å². The fraction of sp³-hybridized carbons (Fsp3) is 0.333. The highest BCUT2D eigenvalue weighted by atomic mass is 28.4. The van der Waals surface area contributed by atoms with Gasteiger partial charge in [0.25, 0.3) is 8.32 Å². The first-order valence-electron chi connectivity index (χ1n) is 9.37. The molecule has 2 aromatic carbocycles. The highest BCUT2D eigenvalue weighted by Crippen LogP contribution is 2.36. The molecule has 0 aromatic heterocycles. The van der Waals surface area contributed by atoms with Crippen molar-refractivity contribution < 1.29 is 4.43 Å². The third kappa shape index (κ3) is 4.75. The topological polar surface area (TPSA) is 9.23 Å². The van der Waals surface area contributed by atoms with Crippen molar-refractivity contribution in [3.63, 3.8) is 0 Å². The third-order valence-corrected chi connectivity index (χ3v) is 9.58. The summed E-state index contributed by atoms with van der Waals surface area (Å²) in [5.74, 6) is 6.24. The van der Waals surface area contributed by atoms with Crippen molar-refractivity contribution in [3.05, 3.63) is 72.8 Å². The van der Waals surface area contributed by atoms with E-state index < -0.39 is 8.32 Å². The summed E-state index contributed by atoms with van der Waals surface area (Å²) in [7, 11) is -2.39. The Balaban J connectivity index is 2.34. The van der Waals surface area contributed by atoms with Gasteiger partial charge in [-0.05, 0) is 34.8 Å². The van der Waals surface area contributed by atoms with Gasteiger partial charge in [-0.15, -0.1) is 0 Å². The molecule has 1 nitrogen and oxygen atoms in total. The Labute approximate surface area is 160 Å². The van der Waals surface area contributed by atoms with Gasteiger partial charge in [-0.25, -0.2) is 0 Å². The molecular formula is C24H30OSi. The van der Waals surface area contributed by atoms with E-state index in [9.17, 15) is 0 Å². The number of rotatable bonds is 6. The minimum atomic E-state index is -2.39. The van der Waals surface area contributed by atoms with Gasteiger partial charge in [0.15, 0.2) is 0 Å². The predicted molar refractivity (Wildman–Crippen MR) is 115 cm³/mol. The van der Waals surface area contributed by atoms with Gasteiger partial charge >= 0.3 is 0 Å². The van der Waals surface area contributed by atoms with E-state index in [0.29, 0.717) is 0 Å². The summed E-state index contributed by atoms with van der Waals surface area (Å²) in [5.41, 5.74) is 0. The molecule has 0 bridgehead atoms. The van der Waals surface area contributed by atoms with Gasteiger partial charge in [0, 0.05) is 13.0 Å². The highest BCUT2D eigenvalue weighted by molar-refractivity contribution is 6.99. The van der Waals surface area contributed by atoms with Gasteiger partial charge in [0.1, 0.15) is 0 Å². The second kappa shape index (κ2) is 9.57. The third-order valence-electron chi connectivity index (χ3n) is 4.53. The van der Waals surface area contributed by atoms with E-state index in [1.165, 1.54) is 10.4 Å². The van der Waals surface area contributed by atoms with E-state index in [-0.39, 0.29) is 5.04 Å². The summed E-state index contributed by atoms with van der Waals surface area (Å²) in [4.78, 5) is 0. The van der Waals surface area contributed by atoms with Gasteiger partial charge in [0.05, 0.1) is 0 Å². The molecule has 0 atom stereocenters. The van der Waals surface area contributed by atoms with Crippen LogP contribution in [0.5, 0.6) is 0 Å². The van der Waals surface area contributed by atoms with Crippen LogP contribution in [0.1, 0.15) is 40.5 Å². The Bertz CT molecular complexity index is 706. The number of hydrogen-bond donors (Lipinski definition) is 0. The molecule has 2 rings (SSSR count). The Morgan fingerprint density at radius 2 is 1.46 bits per heavy atom. The summed E-state index contributed by atoms with van der Waals surface area (Å²) >= 11 is 0. The van der Waals surface area contributed by atoms with Crippen LogP contribution in [0.2, 0.25) is 5.04 Å². The van der Waals surface area contributed by atoms with Crippen LogP contribution in [0.3, 0.4) is 0 Å². The van der Waals surface area contributed by atoms with Crippen molar-refractivity contribution in [2.24, 2.45) is 0 Å². The Hall–Kier alpha value is -2.08. The molecule has 2 heteroatoms. The summed E-state index contributed by atoms with van der Waals surface area (Å²) in [6.45, 7) is 9.65. The first-order valence-corrected chi connectivity index (χ1v) is 11.3. The molecule has 136 valence electrons. The second-order valence-electron chi connectivity index (χ2n) is 7.44. The lowest BCUT2D eigenvalue weighted by molar-refractivity contribution is 0.293. The Kier molecular flexibility index (Phi) is 7.45. The quantitative estimate of drug-likeness (QED) is 0.402. The molecule has 0 aliphatic carbocycles. The summed E-state index contributed by atoms with van der Waals surface area (Å²) in [6, 6.07) is 21.6. The van der Waals surface area contributed by atoms with Crippen LogP contribution in [0, 0.1) is 11.8 Å². The Morgan fingerprint density at radius 1 is 0.923 bits per heavy atom. The zero-order chi connectivity index (χ0) is 18.9. The van der Waals surface area contributed by atoms with E-state index in [1.54, 1.807) is 0 Å². The van der Waals surface area contributed by atoms with Gasteiger partial charge < -0.3 is 4.43 Å². The van der Waals surface area contributed by atoms with Crippen molar-refractivity contribution in [2.75, 3.05) is 6.61 Å². The van der Waals surface area contributed by atoms with Crippen molar-refractivity contribution in [3.8, 4) is 11.8 Å². The molecule has 0 aliphatic heterocycles. The molecule has 0 radical (unpaired) electrons. The highest BCUT2D eigenvalue weighted by Gasteiger charge is 2.49. The summed E-state index contributed by atoms with van der Waals surface area (Å²) in [5, 5.41) is 2.70. The molecule has 0 aliphatic rings. The Morgan fingerprint density at radius 3 is 1.92 bits per heavy atom. The monoisotopic (exact) mass is 362 g/mol. The summed E-state index contributed by atoms with van der Waals surface area (Å²) < 4.78 is 6.83. The van der Waals surface area contributed by atoms with Crippen LogP contribution in [0.15, 0.2) is 72.8 Å². The molecule has 0 spiro atoms. The van der Waals surface area contributed by atoms with E-state index >= 15 is 0 Å². The van der Waals surface area contributed by atoms with Crippen molar-refractivity contribution in [2.45, 2.75) is 45.6 Å². The predicted octanol–water partition coefficient (Wildman–Crippen LogP) is 4.92. The van der Waals surface area contributed by atoms with Crippen LogP contribution < -0.4 is 10.4 Å². The van der Waals surface area contributed by atoms with Crippen LogP contribution >= 0.6 is 0 Å². The molecule has 0 fully saturated rings. The zero-order valence-corrected chi connectivity index (χ0v) is 17.5. The lowest BCUT2D eigenvalue weighted by Crippen LogP contribution is -2.66. The molecular weight excluding hydrogens is 332 g/mol. The fourth-order valence-electron chi connectivity index (χ4n) is 3.36. The number of benzene rings is 2. The van der Waals surface area contributed by atoms with Crippen molar-refractivity contribution in [1.82, 2.24) is 0 Å². The molecule has 0 saturated heterocycles. The van der Waals surface area contributed by atoms with E-state index in [4.69, 9.17) is 4.43 Å². The second-order valence-corrected chi connectivity index (χ2v) is 11.7. The normalized spacial score (nSPS) is 12.0. The van der Waals surface area contributed by atoms with Gasteiger partial charge in [-0.2, -0.15) is 0 Å². The molecule has 26 heavy (non-hydrogen) atoms. The number of allylic oxidation sites excluding steroid dienone is 2. The smallest absolute Gasteiger partial charge is 0.261 e. The van der Waals surface area contributed by atoms with Crippen molar-refractivity contribution >= 4 is 18.7 Å². The van der Waals surface area contributed by atoms with E-state index in [1.807, 2.05) is 19.1 Å². The largest absolute Gasteiger partial charge is 0.407 e. The molecule has 0 heterocycles. The van der Waals surface area contributed by atoms with Crippen LogP contribution in [-0.2, 0) is 4.43 Å². The van der Waals surface area contributed by atoms with Crippen molar-refractivity contribution in [1.29, 1.82) is 0 Å². The standard InChI is InChI=1S/C24H30OSi/c1-5-6-7-8-9-16-21-25-26(24(2,3)4,22-17-12-10-13-18-22)23-19-14-11-15-20-23/h5-6,10-15,17-20H,9,16,21H2,1-4H3/b6-5+. The maximum Gasteiger partial charge on any atom is 0.261 e. The van der Waals surface area contributed by atoms with Crippen LogP contribution in [0.25, 0.3) is 0 Å². The SMILES string of the molecule is C/C=C/C#CCCCO[Si](c1ccccc1)(c1ccccc1)C(C)(C)C. The summed E-state index contributed by atoms with van der Waals surface area (Å²) in [6.07, 6.45) is 5.67. The first kappa shape index (κ1) is 20.2. The maximum atomic E-state index is 6.83. The number of hydrogen-bond acceptors (Lipinski definition) is 1. The molecule has 0 N–H and O–H groups in total. The zero-order valence-electron chi connectivity index (χ0n) is 16.5. The molecule has 0 saturated carbocycles. The average molecular weight is 363 g/mol. The fourth-order valence-corrected chi connectivity index (χ4v) is 7.97. The van der Waals surface area contributed by atoms with E-state index in [0.717, 1.165) is 19.4 Å². The minimum absolute atomic E-state index is 0.0341. The average Bonchev–Trinajstić information content (AvgIpc) is 2.64.